The fourth-order valence-electron chi connectivity index (χ4n) is 2.54. The van der Waals surface area contributed by atoms with Gasteiger partial charge in [-0.25, -0.2) is 0 Å². The van der Waals surface area contributed by atoms with Crippen molar-refractivity contribution in [2.75, 3.05) is 26.7 Å². The zero-order chi connectivity index (χ0) is 10.7. The largest absolute Gasteiger partial charge is 0.389 e. The minimum Gasteiger partial charge on any atom is -0.389 e. The smallest absolute Gasteiger partial charge is 0.0771 e. The number of aliphatic hydroxyl groups is 1. The van der Waals surface area contributed by atoms with Crippen molar-refractivity contribution in [2.24, 2.45) is 0 Å². The molecule has 1 aliphatic carbocycles. The Hall–Kier alpha value is -0.120. The molecule has 88 valence electrons. The van der Waals surface area contributed by atoms with Crippen LogP contribution in [0.3, 0.4) is 0 Å². The highest BCUT2D eigenvalue weighted by molar-refractivity contribution is 4.90. The lowest BCUT2D eigenvalue weighted by Crippen LogP contribution is -2.49. The van der Waals surface area contributed by atoms with Crippen molar-refractivity contribution in [3.05, 3.63) is 0 Å². The van der Waals surface area contributed by atoms with Gasteiger partial charge in [-0.15, -0.1) is 0 Å². The molecular formula is C12H24N2O. The summed E-state index contributed by atoms with van der Waals surface area (Å²) in [5.74, 6) is 0. The Bertz CT molecular complexity index is 204. The first kappa shape index (κ1) is 11.4. The summed E-state index contributed by atoms with van der Waals surface area (Å²) < 4.78 is 0. The Balaban J connectivity index is 1.69. The normalized spacial score (nSPS) is 32.0. The molecule has 0 aromatic heterocycles. The van der Waals surface area contributed by atoms with E-state index in [1.54, 1.807) is 0 Å². The van der Waals surface area contributed by atoms with E-state index in [4.69, 9.17) is 0 Å². The van der Waals surface area contributed by atoms with Gasteiger partial charge in [-0.1, -0.05) is 0 Å². The topological polar surface area (TPSA) is 35.5 Å². The van der Waals surface area contributed by atoms with Crippen LogP contribution in [0.1, 0.15) is 38.5 Å². The lowest BCUT2D eigenvalue weighted by atomic mass is 9.80. The molecule has 3 heteroatoms. The van der Waals surface area contributed by atoms with E-state index in [0.29, 0.717) is 6.04 Å². The van der Waals surface area contributed by atoms with E-state index in [9.17, 15) is 5.11 Å². The number of rotatable bonds is 3. The van der Waals surface area contributed by atoms with Crippen LogP contribution in [0.4, 0.5) is 0 Å². The number of hydrogen-bond donors (Lipinski definition) is 2. The van der Waals surface area contributed by atoms with Gasteiger partial charge in [0.05, 0.1) is 5.60 Å². The molecule has 1 unspecified atom stereocenters. The Morgan fingerprint density at radius 1 is 1.27 bits per heavy atom. The first-order valence-electron chi connectivity index (χ1n) is 6.32. The predicted molar refractivity (Wildman–Crippen MR) is 61.9 cm³/mol. The summed E-state index contributed by atoms with van der Waals surface area (Å²) in [6, 6.07) is 0.625. The van der Waals surface area contributed by atoms with Crippen LogP contribution in [-0.2, 0) is 0 Å². The molecule has 2 aliphatic rings. The summed E-state index contributed by atoms with van der Waals surface area (Å²) in [7, 11) is 2.20. The highest BCUT2D eigenvalue weighted by Crippen LogP contribution is 2.30. The molecule has 2 N–H and O–H groups in total. The van der Waals surface area contributed by atoms with Gasteiger partial charge < -0.3 is 15.3 Å². The fourth-order valence-corrected chi connectivity index (χ4v) is 2.54. The third-order valence-corrected chi connectivity index (χ3v) is 3.96. The third kappa shape index (κ3) is 3.16. The summed E-state index contributed by atoms with van der Waals surface area (Å²) in [6.07, 6.45) is 6.96. The SMILES string of the molecule is CN1CCCC(NCC2(O)CCC2)CC1. The van der Waals surface area contributed by atoms with Crippen molar-refractivity contribution in [3.8, 4) is 0 Å². The molecular weight excluding hydrogens is 188 g/mol. The Morgan fingerprint density at radius 3 is 2.73 bits per heavy atom. The van der Waals surface area contributed by atoms with Crippen LogP contribution in [0.25, 0.3) is 0 Å². The average Bonchev–Trinajstić information content (AvgIpc) is 2.37. The standard InChI is InChI=1S/C12H24N2O/c1-14-8-2-4-11(5-9-14)13-10-12(15)6-3-7-12/h11,13,15H,2-10H2,1H3. The molecule has 1 aliphatic heterocycles. The molecule has 1 saturated carbocycles. The second-order valence-corrected chi connectivity index (χ2v) is 5.39. The van der Waals surface area contributed by atoms with E-state index in [0.717, 1.165) is 19.4 Å². The van der Waals surface area contributed by atoms with Gasteiger partial charge in [0, 0.05) is 12.6 Å². The van der Waals surface area contributed by atoms with E-state index < -0.39 is 0 Å². The summed E-state index contributed by atoms with van der Waals surface area (Å²) in [4.78, 5) is 2.40. The lowest BCUT2D eigenvalue weighted by molar-refractivity contribution is -0.0334. The maximum absolute atomic E-state index is 9.99. The Kier molecular flexibility index (Phi) is 3.65. The van der Waals surface area contributed by atoms with Gasteiger partial charge in [-0.05, 0) is 58.7 Å². The lowest BCUT2D eigenvalue weighted by Gasteiger charge is -2.38. The Morgan fingerprint density at radius 2 is 2.07 bits per heavy atom. The molecule has 3 nitrogen and oxygen atoms in total. The van der Waals surface area contributed by atoms with Crippen molar-refractivity contribution in [3.63, 3.8) is 0 Å². The van der Waals surface area contributed by atoms with Crippen LogP contribution in [0.5, 0.6) is 0 Å². The highest BCUT2D eigenvalue weighted by atomic mass is 16.3. The second-order valence-electron chi connectivity index (χ2n) is 5.39. The van der Waals surface area contributed by atoms with Crippen molar-refractivity contribution in [1.29, 1.82) is 0 Å². The van der Waals surface area contributed by atoms with Crippen molar-refractivity contribution < 1.29 is 5.11 Å². The van der Waals surface area contributed by atoms with Crippen LogP contribution < -0.4 is 5.32 Å². The molecule has 2 rings (SSSR count). The molecule has 0 aromatic rings. The van der Waals surface area contributed by atoms with Gasteiger partial charge >= 0.3 is 0 Å². The minimum absolute atomic E-state index is 0.363. The molecule has 0 aromatic carbocycles. The van der Waals surface area contributed by atoms with Crippen molar-refractivity contribution >= 4 is 0 Å². The first-order chi connectivity index (χ1) is 7.18. The van der Waals surface area contributed by atoms with E-state index in [2.05, 4.69) is 17.3 Å². The summed E-state index contributed by atoms with van der Waals surface area (Å²) in [5.41, 5.74) is -0.363. The molecule has 1 saturated heterocycles. The minimum atomic E-state index is -0.363. The van der Waals surface area contributed by atoms with Gasteiger partial charge in [-0.3, -0.25) is 0 Å². The molecule has 1 heterocycles. The zero-order valence-electron chi connectivity index (χ0n) is 9.84. The van der Waals surface area contributed by atoms with Crippen molar-refractivity contribution in [2.45, 2.75) is 50.2 Å². The molecule has 15 heavy (non-hydrogen) atoms. The van der Waals surface area contributed by atoms with Crippen LogP contribution in [0.15, 0.2) is 0 Å². The maximum atomic E-state index is 9.99. The first-order valence-corrected chi connectivity index (χ1v) is 6.32. The van der Waals surface area contributed by atoms with Gasteiger partial charge in [0.15, 0.2) is 0 Å². The summed E-state index contributed by atoms with van der Waals surface area (Å²) in [6.45, 7) is 3.22. The summed E-state index contributed by atoms with van der Waals surface area (Å²) in [5, 5.41) is 13.5. The Labute approximate surface area is 92.8 Å². The second kappa shape index (κ2) is 4.81. The molecule has 2 fully saturated rings. The van der Waals surface area contributed by atoms with Crippen molar-refractivity contribution in [1.82, 2.24) is 10.2 Å². The van der Waals surface area contributed by atoms with Gasteiger partial charge in [0.25, 0.3) is 0 Å². The zero-order valence-corrected chi connectivity index (χ0v) is 9.84. The number of nitrogens with one attached hydrogen (secondary N) is 1. The van der Waals surface area contributed by atoms with E-state index in [1.165, 1.54) is 38.8 Å². The molecule has 0 bridgehead atoms. The number of likely N-dealkylation sites (tertiary alicyclic amines) is 1. The quantitative estimate of drug-likeness (QED) is 0.732. The van der Waals surface area contributed by atoms with E-state index >= 15 is 0 Å². The third-order valence-electron chi connectivity index (χ3n) is 3.96. The molecule has 0 spiro atoms. The monoisotopic (exact) mass is 212 g/mol. The van der Waals surface area contributed by atoms with Crippen LogP contribution in [-0.4, -0.2) is 48.3 Å². The predicted octanol–water partition coefficient (Wildman–Crippen LogP) is 0.975. The van der Waals surface area contributed by atoms with E-state index in [-0.39, 0.29) is 5.60 Å². The van der Waals surface area contributed by atoms with Gasteiger partial charge in [0.1, 0.15) is 0 Å². The summed E-state index contributed by atoms with van der Waals surface area (Å²) >= 11 is 0. The number of hydrogen-bond acceptors (Lipinski definition) is 3. The average molecular weight is 212 g/mol. The fraction of sp³-hybridized carbons (Fsp3) is 1.00. The highest BCUT2D eigenvalue weighted by Gasteiger charge is 2.34. The number of nitrogens with zero attached hydrogens (tertiary/aromatic N) is 1. The maximum Gasteiger partial charge on any atom is 0.0771 e. The molecule has 1 atom stereocenters. The molecule has 0 radical (unpaired) electrons. The van der Waals surface area contributed by atoms with Gasteiger partial charge in [-0.2, -0.15) is 0 Å². The molecule has 0 amide bonds. The van der Waals surface area contributed by atoms with Crippen LogP contribution in [0, 0.1) is 0 Å². The van der Waals surface area contributed by atoms with Crippen LogP contribution >= 0.6 is 0 Å². The van der Waals surface area contributed by atoms with E-state index in [1.807, 2.05) is 0 Å². The van der Waals surface area contributed by atoms with Gasteiger partial charge in [0.2, 0.25) is 0 Å². The van der Waals surface area contributed by atoms with Crippen LogP contribution in [0.2, 0.25) is 0 Å².